The summed E-state index contributed by atoms with van der Waals surface area (Å²) < 4.78 is 20.9. The molecule has 0 amide bonds. The predicted octanol–water partition coefficient (Wildman–Crippen LogP) is 2.17. The van der Waals surface area contributed by atoms with E-state index in [1.807, 2.05) is 6.07 Å². The van der Waals surface area contributed by atoms with Gasteiger partial charge < -0.3 is 18.9 Å². The fraction of sp³-hybridized carbons (Fsp3) is 0.467. The molecule has 0 saturated heterocycles. The summed E-state index contributed by atoms with van der Waals surface area (Å²) in [5.74, 6) is 0.408. The molecule has 0 N–H and O–H groups in total. The topological polar surface area (TPSA) is 65.1 Å². The molecule has 0 aromatic heterocycles. The first kappa shape index (κ1) is 16.9. The van der Waals surface area contributed by atoms with Crippen molar-refractivity contribution in [1.29, 1.82) is 5.26 Å². The van der Waals surface area contributed by atoms with Crippen LogP contribution in [0.2, 0.25) is 0 Å². The summed E-state index contributed by atoms with van der Waals surface area (Å²) in [7, 11) is 1.62. The molecule has 6 nitrogen and oxygen atoms in total. The number of nitrogens with zero attached hydrogens (tertiary/aromatic N) is 2. The Morgan fingerprint density at radius 3 is 2.38 bits per heavy atom. The van der Waals surface area contributed by atoms with Crippen molar-refractivity contribution in [2.24, 2.45) is 0 Å². The highest BCUT2D eigenvalue weighted by Gasteiger charge is 2.08. The van der Waals surface area contributed by atoms with Crippen molar-refractivity contribution in [1.82, 2.24) is 0 Å². The molecule has 0 aliphatic carbocycles. The third-order valence-electron chi connectivity index (χ3n) is 2.53. The summed E-state index contributed by atoms with van der Waals surface area (Å²) in [6.45, 7) is 9.78. The molecule has 0 aliphatic rings. The van der Waals surface area contributed by atoms with Gasteiger partial charge in [0, 0.05) is 7.11 Å². The Kier molecular flexibility index (Phi) is 8.58. The molecule has 0 unspecified atom stereocenters. The third kappa shape index (κ3) is 6.24. The lowest BCUT2D eigenvalue weighted by Gasteiger charge is -2.09. The monoisotopic (exact) mass is 290 g/mol. The summed E-state index contributed by atoms with van der Waals surface area (Å²) in [5.41, 5.74) is 0.554. The lowest BCUT2D eigenvalue weighted by atomic mass is 10.2. The minimum absolute atomic E-state index is 0.260. The second-order valence-corrected chi connectivity index (χ2v) is 3.94. The van der Waals surface area contributed by atoms with Crippen LogP contribution in [0.15, 0.2) is 18.2 Å². The number of rotatable bonds is 10. The zero-order valence-electron chi connectivity index (χ0n) is 12.0. The van der Waals surface area contributed by atoms with Gasteiger partial charge in [-0.1, -0.05) is 12.1 Å². The van der Waals surface area contributed by atoms with Gasteiger partial charge in [-0.25, -0.2) is 4.85 Å². The zero-order chi connectivity index (χ0) is 15.3. The third-order valence-corrected chi connectivity index (χ3v) is 2.53. The van der Waals surface area contributed by atoms with E-state index in [-0.39, 0.29) is 5.56 Å². The van der Waals surface area contributed by atoms with Gasteiger partial charge in [-0.15, -0.1) is 0 Å². The van der Waals surface area contributed by atoms with Gasteiger partial charge in [-0.3, -0.25) is 0 Å². The SMILES string of the molecule is [C-]#[N+]c1cccc(OCCOCCOCCOC)c1C#N. The second-order valence-electron chi connectivity index (χ2n) is 3.94. The molecule has 0 spiro atoms. The van der Waals surface area contributed by atoms with E-state index in [1.165, 1.54) is 0 Å². The van der Waals surface area contributed by atoms with Crippen LogP contribution >= 0.6 is 0 Å². The average Bonchev–Trinajstić information content (AvgIpc) is 2.52. The van der Waals surface area contributed by atoms with Crippen LogP contribution in [0.25, 0.3) is 4.85 Å². The van der Waals surface area contributed by atoms with Gasteiger partial charge in [0.05, 0.1) is 45.7 Å². The Hall–Kier alpha value is -2.12. The van der Waals surface area contributed by atoms with Crippen molar-refractivity contribution in [3.05, 3.63) is 35.2 Å². The van der Waals surface area contributed by atoms with E-state index in [2.05, 4.69) is 4.85 Å². The Morgan fingerprint density at radius 2 is 1.76 bits per heavy atom. The number of hydrogen-bond acceptors (Lipinski definition) is 5. The van der Waals surface area contributed by atoms with Gasteiger partial charge in [0.15, 0.2) is 0 Å². The summed E-state index contributed by atoms with van der Waals surface area (Å²) in [6.07, 6.45) is 0. The standard InChI is InChI=1S/C15H18N2O4/c1-17-14-4-3-5-15(13(14)12-16)21-11-10-20-9-8-19-7-6-18-2/h3-5H,6-11H2,2H3. The second kappa shape index (κ2) is 10.6. The summed E-state index contributed by atoms with van der Waals surface area (Å²) in [5, 5.41) is 9.04. The molecule has 0 saturated carbocycles. The molecule has 21 heavy (non-hydrogen) atoms. The molecule has 1 rings (SSSR count). The predicted molar refractivity (Wildman–Crippen MR) is 76.4 cm³/mol. The van der Waals surface area contributed by atoms with Crippen LogP contribution in [-0.2, 0) is 14.2 Å². The maximum absolute atomic E-state index is 9.04. The van der Waals surface area contributed by atoms with Crippen LogP contribution in [-0.4, -0.2) is 46.8 Å². The largest absolute Gasteiger partial charge is 0.491 e. The lowest BCUT2D eigenvalue weighted by molar-refractivity contribution is 0.0179. The first-order chi connectivity index (χ1) is 10.3. The minimum Gasteiger partial charge on any atom is -0.491 e. The van der Waals surface area contributed by atoms with Gasteiger partial charge in [0.2, 0.25) is 5.69 Å². The fourth-order valence-corrected chi connectivity index (χ4v) is 1.52. The minimum atomic E-state index is 0.260. The first-order valence-corrected chi connectivity index (χ1v) is 6.51. The van der Waals surface area contributed by atoms with E-state index in [0.717, 1.165) is 0 Å². The molecule has 0 radical (unpaired) electrons. The van der Waals surface area contributed by atoms with Crippen LogP contribution in [0.1, 0.15) is 5.56 Å². The van der Waals surface area contributed by atoms with Crippen molar-refractivity contribution in [3.63, 3.8) is 0 Å². The van der Waals surface area contributed by atoms with Gasteiger partial charge in [-0.05, 0) is 6.07 Å². The molecule has 1 aromatic rings. The van der Waals surface area contributed by atoms with Crippen LogP contribution < -0.4 is 4.74 Å². The van der Waals surface area contributed by atoms with E-state index in [1.54, 1.807) is 25.3 Å². The van der Waals surface area contributed by atoms with Crippen molar-refractivity contribution in [3.8, 4) is 11.8 Å². The lowest BCUT2D eigenvalue weighted by Crippen LogP contribution is -2.12. The molecule has 1 aromatic carbocycles. The van der Waals surface area contributed by atoms with Crippen LogP contribution in [0, 0.1) is 17.9 Å². The maximum Gasteiger partial charge on any atom is 0.208 e. The first-order valence-electron chi connectivity index (χ1n) is 6.51. The molecular formula is C15H18N2O4. The maximum atomic E-state index is 9.04. The number of methoxy groups -OCH3 is 1. The van der Waals surface area contributed by atoms with Crippen molar-refractivity contribution < 1.29 is 18.9 Å². The quantitative estimate of drug-likeness (QED) is 0.488. The van der Waals surface area contributed by atoms with Crippen molar-refractivity contribution in [2.45, 2.75) is 0 Å². The molecular weight excluding hydrogens is 272 g/mol. The molecule has 0 aliphatic heterocycles. The highest BCUT2D eigenvalue weighted by Crippen LogP contribution is 2.27. The fourth-order valence-electron chi connectivity index (χ4n) is 1.52. The Morgan fingerprint density at radius 1 is 1.10 bits per heavy atom. The molecule has 0 heterocycles. The van der Waals surface area contributed by atoms with Crippen LogP contribution in [0.3, 0.4) is 0 Å². The smallest absolute Gasteiger partial charge is 0.208 e. The Balaban J connectivity index is 2.22. The summed E-state index contributed by atoms with van der Waals surface area (Å²) in [4.78, 5) is 3.28. The molecule has 112 valence electrons. The highest BCUT2D eigenvalue weighted by atomic mass is 16.6. The van der Waals surface area contributed by atoms with E-state index in [9.17, 15) is 0 Å². The summed E-state index contributed by atoms with van der Waals surface area (Å²) >= 11 is 0. The number of nitriles is 1. The molecule has 0 fully saturated rings. The number of hydrogen-bond donors (Lipinski definition) is 0. The van der Waals surface area contributed by atoms with Crippen LogP contribution in [0.4, 0.5) is 5.69 Å². The van der Waals surface area contributed by atoms with Gasteiger partial charge in [-0.2, -0.15) is 5.26 Å². The Labute approximate surface area is 124 Å². The van der Waals surface area contributed by atoms with Gasteiger partial charge >= 0.3 is 0 Å². The van der Waals surface area contributed by atoms with E-state index in [0.29, 0.717) is 51.1 Å². The molecule has 0 bridgehead atoms. The highest BCUT2D eigenvalue weighted by molar-refractivity contribution is 5.64. The van der Waals surface area contributed by atoms with Gasteiger partial charge in [0.1, 0.15) is 17.9 Å². The van der Waals surface area contributed by atoms with Crippen LogP contribution in [0.5, 0.6) is 5.75 Å². The zero-order valence-corrected chi connectivity index (χ0v) is 12.0. The average molecular weight is 290 g/mol. The van der Waals surface area contributed by atoms with Crippen molar-refractivity contribution in [2.75, 3.05) is 46.8 Å². The molecule has 0 atom stereocenters. The normalized spacial score (nSPS) is 9.86. The Bertz CT molecular complexity index is 505. The van der Waals surface area contributed by atoms with E-state index >= 15 is 0 Å². The molecule has 6 heteroatoms. The van der Waals surface area contributed by atoms with Crippen molar-refractivity contribution >= 4 is 5.69 Å². The van der Waals surface area contributed by atoms with E-state index < -0.39 is 0 Å². The summed E-state index contributed by atoms with van der Waals surface area (Å²) in [6, 6.07) is 6.93. The number of ether oxygens (including phenoxy) is 4. The van der Waals surface area contributed by atoms with Gasteiger partial charge in [0.25, 0.3) is 0 Å². The number of benzene rings is 1. The van der Waals surface area contributed by atoms with E-state index in [4.69, 9.17) is 30.8 Å².